The molecule has 0 saturated carbocycles. The first-order chi connectivity index (χ1) is 44.1. The number of nitrogens with one attached hydrogen (secondary N) is 3. The van der Waals surface area contributed by atoms with Crippen molar-refractivity contribution in [1.82, 2.24) is 35.6 Å². The molecular formula is C65H82F2N12O14. The molecule has 4 saturated heterocycles. The van der Waals surface area contributed by atoms with Gasteiger partial charge in [0, 0.05) is 130 Å². The summed E-state index contributed by atoms with van der Waals surface area (Å²) in [6.07, 6.45) is -2.72. The minimum Gasteiger partial charge on any atom is -0.444 e. The molecule has 500 valence electrons. The molecule has 4 fully saturated rings. The largest absolute Gasteiger partial charge is 0.444 e. The summed E-state index contributed by atoms with van der Waals surface area (Å²) in [4.78, 5) is 147. The van der Waals surface area contributed by atoms with Crippen LogP contribution in [0.5, 0.6) is 0 Å². The van der Waals surface area contributed by atoms with Gasteiger partial charge in [-0.25, -0.2) is 23.2 Å². The molecule has 9 amide bonds. The van der Waals surface area contributed by atoms with Crippen LogP contribution in [0.15, 0.2) is 84.9 Å². The second-order valence-electron chi connectivity index (χ2n) is 23.9. The fraction of sp³-hybridized carbons (Fsp3) is 0.462. The lowest BCUT2D eigenvalue weighted by molar-refractivity contribution is -0.132. The molecule has 0 aromatic heterocycles. The molecule has 2 atom stereocenters. The monoisotopic (exact) mass is 1290 g/mol. The van der Waals surface area contributed by atoms with Crippen LogP contribution in [0.4, 0.5) is 45.9 Å². The summed E-state index contributed by atoms with van der Waals surface area (Å²) in [5, 5.41) is 7.65. The maximum atomic E-state index is 15.2. The number of benzene rings is 4. The molecular weight excluding hydrogens is 1210 g/mol. The van der Waals surface area contributed by atoms with Crippen molar-refractivity contribution < 1.29 is 75.7 Å². The molecule has 0 bridgehead atoms. The van der Waals surface area contributed by atoms with E-state index in [1.807, 2.05) is 9.80 Å². The van der Waals surface area contributed by atoms with Gasteiger partial charge >= 0.3 is 18.3 Å². The van der Waals surface area contributed by atoms with Crippen LogP contribution in [-0.4, -0.2) is 208 Å². The molecule has 93 heavy (non-hydrogen) atoms. The van der Waals surface area contributed by atoms with E-state index in [0.717, 1.165) is 11.1 Å². The van der Waals surface area contributed by atoms with Crippen LogP contribution in [-0.2, 0) is 56.1 Å². The van der Waals surface area contributed by atoms with E-state index in [1.54, 1.807) is 117 Å². The first-order valence-corrected chi connectivity index (χ1v) is 30.6. The molecule has 4 aromatic rings. The molecule has 4 aromatic carbocycles. The van der Waals surface area contributed by atoms with Gasteiger partial charge in [0.1, 0.15) is 36.0 Å². The van der Waals surface area contributed by atoms with Gasteiger partial charge in [-0.1, -0.05) is 48.5 Å². The third-order valence-corrected chi connectivity index (χ3v) is 15.7. The van der Waals surface area contributed by atoms with Crippen LogP contribution in [0, 0.1) is 11.6 Å². The third-order valence-electron chi connectivity index (χ3n) is 15.7. The Kier molecular flexibility index (Phi) is 24.7. The molecule has 4 heterocycles. The summed E-state index contributed by atoms with van der Waals surface area (Å²) in [6.45, 7) is 12.2. The summed E-state index contributed by atoms with van der Waals surface area (Å²) in [5.74, 6) is -2.58. The van der Waals surface area contributed by atoms with Crippen LogP contribution in [0.3, 0.4) is 0 Å². The predicted molar refractivity (Wildman–Crippen MR) is 339 cm³/mol. The topological polar surface area (TPSA) is 303 Å². The van der Waals surface area contributed by atoms with Gasteiger partial charge in [-0.15, -0.1) is 0 Å². The number of hydrogen-bond acceptors (Lipinski definition) is 17. The Morgan fingerprint density at radius 1 is 0.559 bits per heavy atom. The Hall–Kier alpha value is -9.73. The molecule has 0 radical (unpaired) electrons. The van der Waals surface area contributed by atoms with E-state index in [-0.39, 0.29) is 119 Å². The van der Waals surface area contributed by atoms with Crippen LogP contribution >= 0.6 is 0 Å². The van der Waals surface area contributed by atoms with Gasteiger partial charge < -0.3 is 65.3 Å². The van der Waals surface area contributed by atoms with Gasteiger partial charge in [0.15, 0.2) is 11.6 Å². The molecule has 0 aliphatic carbocycles. The third kappa shape index (κ3) is 20.6. The van der Waals surface area contributed by atoms with Crippen molar-refractivity contribution in [1.29, 1.82) is 0 Å². The zero-order valence-electron chi connectivity index (χ0n) is 53.5. The van der Waals surface area contributed by atoms with Gasteiger partial charge in [0.2, 0.25) is 35.4 Å². The number of amides is 9. The maximum Gasteiger partial charge on any atom is 0.414 e. The fourth-order valence-electron chi connectivity index (χ4n) is 10.5. The number of likely N-dealkylation sites (N-methyl/N-ethyl adjacent to an activating group) is 2. The summed E-state index contributed by atoms with van der Waals surface area (Å²) < 4.78 is 46.0. The lowest BCUT2D eigenvalue weighted by Crippen LogP contribution is -2.49. The van der Waals surface area contributed by atoms with Crippen molar-refractivity contribution in [2.24, 2.45) is 5.73 Å². The van der Waals surface area contributed by atoms with E-state index in [4.69, 9.17) is 19.9 Å². The second-order valence-corrected chi connectivity index (χ2v) is 23.9. The van der Waals surface area contributed by atoms with Crippen LogP contribution in [0.1, 0.15) is 92.1 Å². The van der Waals surface area contributed by atoms with Crippen molar-refractivity contribution >= 4 is 88.0 Å². The van der Waals surface area contributed by atoms with E-state index in [9.17, 15) is 52.7 Å². The molecule has 26 nitrogen and oxygen atoms in total. The van der Waals surface area contributed by atoms with Gasteiger partial charge in [-0.2, -0.15) is 0 Å². The fourth-order valence-corrected chi connectivity index (χ4v) is 10.5. The van der Waals surface area contributed by atoms with E-state index in [1.165, 1.54) is 45.6 Å². The highest BCUT2D eigenvalue weighted by Crippen LogP contribution is 2.31. The minimum absolute atomic E-state index is 0.0355. The average Bonchev–Trinajstić information content (AvgIpc) is 1.81. The zero-order valence-corrected chi connectivity index (χ0v) is 53.5. The molecule has 5 N–H and O–H groups in total. The number of hydrogen-bond donors (Lipinski definition) is 4. The Balaban J connectivity index is 0.000000266. The van der Waals surface area contributed by atoms with Gasteiger partial charge in [0.05, 0.1) is 55.5 Å². The molecule has 8 rings (SSSR count). The number of ketones is 2. The molecule has 4 aliphatic rings. The average molecular weight is 1290 g/mol. The van der Waals surface area contributed by atoms with E-state index in [0.29, 0.717) is 92.8 Å². The molecule has 28 heteroatoms. The number of Topliss-reactive ketones (excluding diaryl/α,β-unsaturated/α-hetero) is 2. The van der Waals surface area contributed by atoms with Crippen molar-refractivity contribution in [3.8, 4) is 0 Å². The zero-order chi connectivity index (χ0) is 67.7. The number of ether oxygens (including phenoxy) is 3. The van der Waals surface area contributed by atoms with Gasteiger partial charge in [-0.3, -0.25) is 48.2 Å². The van der Waals surface area contributed by atoms with E-state index in [2.05, 4.69) is 16.0 Å². The number of carbonyl (C=O) groups is 11. The first kappa shape index (κ1) is 70.7. The molecule has 0 unspecified atom stereocenters. The standard InChI is InChI=1S/C35H45FN6O8.C30H37FN6O6/c1-23(43)37-19-27-22-42(34(48)49-27)26-10-11-29(28(36)18-26)40-14-16-41(17-15-40)31(45)13-12-30(44)25-8-6-24(7-9-25)21-39(5)32(46)20-38-33(47)50-35(2,3)4;1-20(38)33-17-24-19-37(30(42)43-24)23-7-8-26(25(31)15-23)35-11-13-36(14-12-35)28(40)10-9-27(39)22-5-3-21(4-6-22)18-34(2)29(41)16-32/h6-11,18,27H,12-17,19-22H2,1-5H3,(H,37,43)(H,38,47);3-8,15,24H,9-14,16-19,32H2,1-2H3,(H,33,38)/t27-;24-/m00/s1. The van der Waals surface area contributed by atoms with Crippen molar-refractivity contribution in [3.63, 3.8) is 0 Å². The van der Waals surface area contributed by atoms with Crippen molar-refractivity contribution in [2.45, 2.75) is 91.2 Å². The maximum absolute atomic E-state index is 15.2. The van der Waals surface area contributed by atoms with Gasteiger partial charge in [-0.05, 0) is 68.3 Å². The number of halogens is 2. The number of nitrogens with two attached hydrogens (primary N) is 1. The highest BCUT2D eigenvalue weighted by Gasteiger charge is 2.35. The highest BCUT2D eigenvalue weighted by atomic mass is 19.1. The number of piperazine rings is 2. The quantitative estimate of drug-likeness (QED) is 0.0583. The predicted octanol–water partition coefficient (Wildman–Crippen LogP) is 4.60. The SMILES string of the molecule is CC(=O)NC[C@H]1CN(c2ccc(N3CCN(C(=O)CCC(=O)c4ccc(CN(C)C(=O)CN)cc4)CC3)c(F)c2)C(=O)O1.CC(=O)NC[C@H]1CN(c2ccc(N3CCN(C(=O)CCC(=O)c4ccc(CN(C)C(=O)CNC(=O)OC(C)(C)C)cc4)CC3)c(F)c2)C(=O)O1. The second kappa shape index (κ2) is 32.5. The molecule has 0 spiro atoms. The lowest BCUT2D eigenvalue weighted by atomic mass is 10.0. The summed E-state index contributed by atoms with van der Waals surface area (Å²) in [6, 6.07) is 22.8. The van der Waals surface area contributed by atoms with Crippen LogP contribution in [0.2, 0.25) is 0 Å². The first-order valence-electron chi connectivity index (χ1n) is 30.6. The Labute approximate surface area is 538 Å². The van der Waals surface area contributed by atoms with Crippen LogP contribution < -0.4 is 41.3 Å². The lowest BCUT2D eigenvalue weighted by Gasteiger charge is -2.36. The Morgan fingerprint density at radius 2 is 0.946 bits per heavy atom. The normalized spacial score (nSPS) is 16.3. The number of alkyl carbamates (subject to hydrolysis) is 1. The smallest absolute Gasteiger partial charge is 0.414 e. The molecule has 4 aliphatic heterocycles. The number of anilines is 4. The Bertz CT molecular complexity index is 3390. The highest BCUT2D eigenvalue weighted by molar-refractivity contribution is 5.99. The van der Waals surface area contributed by atoms with Crippen LogP contribution in [0.25, 0.3) is 0 Å². The number of rotatable bonds is 23. The van der Waals surface area contributed by atoms with Crippen molar-refractivity contribution in [2.75, 3.05) is 125 Å². The number of cyclic esters (lactones) is 2. The van der Waals surface area contributed by atoms with Crippen molar-refractivity contribution in [3.05, 3.63) is 119 Å². The van der Waals surface area contributed by atoms with E-state index >= 15 is 8.78 Å². The summed E-state index contributed by atoms with van der Waals surface area (Å²) in [7, 11) is 3.27. The number of nitrogens with zero attached hydrogens (tertiary/aromatic N) is 8. The number of carbonyl (C=O) groups excluding carboxylic acids is 11. The van der Waals surface area contributed by atoms with E-state index < -0.39 is 47.7 Å². The van der Waals surface area contributed by atoms with Gasteiger partial charge in [0.25, 0.3) is 0 Å². The summed E-state index contributed by atoms with van der Waals surface area (Å²) in [5.41, 5.74) is 8.76. The Morgan fingerprint density at radius 3 is 1.30 bits per heavy atom. The minimum atomic E-state index is -0.675. The summed E-state index contributed by atoms with van der Waals surface area (Å²) >= 11 is 0.